The van der Waals surface area contributed by atoms with Crippen molar-refractivity contribution in [1.82, 2.24) is 5.32 Å². The van der Waals surface area contributed by atoms with Crippen LogP contribution in [0.5, 0.6) is 11.5 Å². The van der Waals surface area contributed by atoms with E-state index in [0.717, 1.165) is 21.3 Å². The number of hydrogen-bond acceptors (Lipinski definition) is 5. The highest BCUT2D eigenvalue weighted by Gasteiger charge is 2.24. The van der Waals surface area contributed by atoms with Gasteiger partial charge in [-0.15, -0.1) is 0 Å². The zero-order chi connectivity index (χ0) is 22.5. The van der Waals surface area contributed by atoms with Crippen molar-refractivity contribution in [3.05, 3.63) is 92.8 Å². The fraction of sp³-hybridized carbons (Fsp3) is 0.120. The van der Waals surface area contributed by atoms with E-state index >= 15 is 0 Å². The average molecular weight is 509 g/mol. The van der Waals surface area contributed by atoms with Crippen LogP contribution in [-0.2, 0) is 11.4 Å². The minimum absolute atomic E-state index is 0.181. The summed E-state index contributed by atoms with van der Waals surface area (Å²) in [6.45, 7) is 2.49. The smallest absolute Gasteiger partial charge is 0.264 e. The zero-order valence-electron chi connectivity index (χ0n) is 17.6. The maximum Gasteiger partial charge on any atom is 0.264 e. The molecule has 1 fully saturated rings. The Morgan fingerprint density at radius 1 is 1.09 bits per heavy atom. The number of amidine groups is 1. The van der Waals surface area contributed by atoms with E-state index < -0.39 is 0 Å². The first kappa shape index (κ1) is 22.2. The van der Waals surface area contributed by atoms with E-state index in [1.807, 2.05) is 66.7 Å². The van der Waals surface area contributed by atoms with Gasteiger partial charge in [0.05, 0.1) is 22.2 Å². The first-order valence-corrected chi connectivity index (χ1v) is 11.5. The number of carbonyl (C=O) groups excluding carboxylic acids is 1. The second-order valence-electron chi connectivity index (χ2n) is 7.07. The van der Waals surface area contributed by atoms with Gasteiger partial charge in [0.25, 0.3) is 5.91 Å². The predicted octanol–water partition coefficient (Wildman–Crippen LogP) is 6.24. The summed E-state index contributed by atoms with van der Waals surface area (Å²) >= 11 is 4.89. The Morgan fingerprint density at radius 3 is 2.59 bits per heavy atom. The Kier molecular flexibility index (Phi) is 6.97. The number of carbonyl (C=O) groups is 1. The number of aryl methyl sites for hydroxylation is 1. The van der Waals surface area contributed by atoms with Crippen molar-refractivity contribution in [3.8, 4) is 11.5 Å². The van der Waals surface area contributed by atoms with Crippen molar-refractivity contribution in [2.45, 2.75) is 13.5 Å². The molecule has 5 nitrogen and oxygen atoms in total. The highest BCUT2D eigenvalue weighted by Crippen LogP contribution is 2.39. The van der Waals surface area contributed by atoms with Gasteiger partial charge in [-0.3, -0.25) is 4.79 Å². The number of rotatable bonds is 6. The van der Waals surface area contributed by atoms with Gasteiger partial charge in [0, 0.05) is 0 Å². The molecule has 1 N–H and O–H groups in total. The Hall–Kier alpha value is -3.03. The van der Waals surface area contributed by atoms with Crippen molar-refractivity contribution in [2.75, 3.05) is 7.11 Å². The molecule has 3 aromatic carbocycles. The van der Waals surface area contributed by atoms with Gasteiger partial charge in [0.2, 0.25) is 0 Å². The molecule has 1 saturated heterocycles. The number of methoxy groups -OCH3 is 1. The molecule has 1 amide bonds. The van der Waals surface area contributed by atoms with E-state index in [0.29, 0.717) is 28.2 Å². The van der Waals surface area contributed by atoms with Gasteiger partial charge >= 0.3 is 0 Å². The summed E-state index contributed by atoms with van der Waals surface area (Å²) < 4.78 is 12.4. The van der Waals surface area contributed by atoms with Gasteiger partial charge in [-0.2, -0.15) is 0 Å². The molecule has 0 unspecified atom stereocenters. The molecule has 32 heavy (non-hydrogen) atoms. The summed E-state index contributed by atoms with van der Waals surface area (Å²) in [5, 5.41) is 3.36. The number of nitrogens with zero attached hydrogens (tertiary/aromatic N) is 1. The maximum absolute atomic E-state index is 12.4. The van der Waals surface area contributed by atoms with Gasteiger partial charge in [0.15, 0.2) is 16.7 Å². The average Bonchev–Trinajstić information content (AvgIpc) is 3.12. The number of amides is 1. The van der Waals surface area contributed by atoms with Crippen LogP contribution in [0.2, 0.25) is 0 Å². The van der Waals surface area contributed by atoms with E-state index in [1.54, 1.807) is 7.11 Å². The normalized spacial score (nSPS) is 15.8. The zero-order valence-corrected chi connectivity index (χ0v) is 20.0. The topological polar surface area (TPSA) is 59.9 Å². The minimum Gasteiger partial charge on any atom is -0.493 e. The van der Waals surface area contributed by atoms with Crippen molar-refractivity contribution >= 4 is 50.5 Å². The lowest BCUT2D eigenvalue weighted by Gasteiger charge is -2.14. The Balaban J connectivity index is 1.55. The largest absolute Gasteiger partial charge is 0.493 e. The summed E-state index contributed by atoms with van der Waals surface area (Å²) in [6, 6.07) is 21.4. The van der Waals surface area contributed by atoms with E-state index in [4.69, 9.17) is 9.47 Å². The fourth-order valence-corrected chi connectivity index (χ4v) is 4.55. The molecular weight excluding hydrogens is 488 g/mol. The molecule has 0 saturated carbocycles. The predicted molar refractivity (Wildman–Crippen MR) is 133 cm³/mol. The van der Waals surface area contributed by atoms with Crippen LogP contribution in [0.3, 0.4) is 0 Å². The second kappa shape index (κ2) is 10.1. The summed E-state index contributed by atoms with van der Waals surface area (Å²) in [4.78, 5) is 17.5. The molecule has 1 aliphatic heterocycles. The third-order valence-corrected chi connectivity index (χ3v) is 6.32. The molecule has 3 aromatic rings. The Labute approximate surface area is 199 Å². The van der Waals surface area contributed by atoms with Crippen LogP contribution in [0.15, 0.2) is 81.1 Å². The lowest BCUT2D eigenvalue weighted by atomic mass is 10.1. The Morgan fingerprint density at radius 2 is 1.84 bits per heavy atom. The van der Waals surface area contributed by atoms with Crippen LogP contribution >= 0.6 is 27.7 Å². The molecule has 0 radical (unpaired) electrons. The molecule has 162 valence electrons. The number of hydrogen-bond donors (Lipinski definition) is 1. The molecule has 1 aliphatic rings. The third kappa shape index (κ3) is 5.23. The quantitative estimate of drug-likeness (QED) is 0.400. The number of para-hydroxylation sites is 1. The number of aliphatic imine (C=N–C) groups is 1. The highest BCUT2D eigenvalue weighted by atomic mass is 79.9. The molecule has 0 bridgehead atoms. The molecule has 0 atom stereocenters. The van der Waals surface area contributed by atoms with E-state index in [1.165, 1.54) is 17.3 Å². The minimum atomic E-state index is -0.181. The number of benzene rings is 3. The van der Waals surface area contributed by atoms with Gasteiger partial charge in [-0.25, -0.2) is 4.99 Å². The van der Waals surface area contributed by atoms with Crippen molar-refractivity contribution in [3.63, 3.8) is 0 Å². The van der Waals surface area contributed by atoms with Crippen LogP contribution in [0.25, 0.3) is 6.08 Å². The maximum atomic E-state index is 12.4. The summed E-state index contributed by atoms with van der Waals surface area (Å²) in [5.41, 5.74) is 3.88. The van der Waals surface area contributed by atoms with Gasteiger partial charge in [-0.1, -0.05) is 42.5 Å². The van der Waals surface area contributed by atoms with Crippen LogP contribution < -0.4 is 14.8 Å². The van der Waals surface area contributed by atoms with Gasteiger partial charge in [0.1, 0.15) is 6.61 Å². The standard InChI is InChI=1S/C25H21BrN2O3S/c1-16-8-6-7-9-18(16)15-31-23-20(26)12-17(13-21(23)30-2)14-22-24(29)28-25(32-22)27-19-10-4-3-5-11-19/h3-14H,15H2,1-2H3,(H,27,28,29)/b22-14-. The van der Waals surface area contributed by atoms with Gasteiger partial charge < -0.3 is 14.8 Å². The number of thioether (sulfide) groups is 1. The van der Waals surface area contributed by atoms with Crippen molar-refractivity contribution in [2.24, 2.45) is 4.99 Å². The third-order valence-electron chi connectivity index (χ3n) is 4.82. The SMILES string of the molecule is COc1cc(/C=C2\SC(=Nc3ccccc3)NC2=O)cc(Br)c1OCc1ccccc1C. The monoisotopic (exact) mass is 508 g/mol. The van der Waals surface area contributed by atoms with E-state index in [9.17, 15) is 4.79 Å². The molecule has 0 spiro atoms. The molecule has 7 heteroatoms. The molecule has 4 rings (SSSR count). The summed E-state index contributed by atoms with van der Waals surface area (Å²) in [7, 11) is 1.60. The van der Waals surface area contributed by atoms with Crippen molar-refractivity contribution < 1.29 is 14.3 Å². The summed E-state index contributed by atoms with van der Waals surface area (Å²) in [5.74, 6) is 1.02. The Bertz CT molecular complexity index is 1210. The molecule has 0 aliphatic carbocycles. The van der Waals surface area contributed by atoms with E-state index in [-0.39, 0.29) is 5.91 Å². The fourth-order valence-electron chi connectivity index (χ4n) is 3.14. The van der Waals surface area contributed by atoms with Crippen LogP contribution in [0.1, 0.15) is 16.7 Å². The first-order chi connectivity index (χ1) is 15.5. The van der Waals surface area contributed by atoms with Crippen LogP contribution in [-0.4, -0.2) is 18.2 Å². The van der Waals surface area contributed by atoms with Crippen LogP contribution in [0.4, 0.5) is 5.69 Å². The molecule has 1 heterocycles. The molecule has 0 aromatic heterocycles. The van der Waals surface area contributed by atoms with Gasteiger partial charge in [-0.05, 0) is 81.6 Å². The highest BCUT2D eigenvalue weighted by molar-refractivity contribution is 9.10. The second-order valence-corrected chi connectivity index (χ2v) is 8.95. The number of nitrogens with one attached hydrogen (secondary N) is 1. The lowest BCUT2D eigenvalue weighted by Crippen LogP contribution is -2.19. The van der Waals surface area contributed by atoms with Crippen molar-refractivity contribution in [1.29, 1.82) is 0 Å². The number of ether oxygens (including phenoxy) is 2. The number of halogens is 1. The first-order valence-electron chi connectivity index (χ1n) is 9.93. The molecular formula is C25H21BrN2O3S. The summed E-state index contributed by atoms with van der Waals surface area (Å²) in [6.07, 6.45) is 1.81. The van der Waals surface area contributed by atoms with E-state index in [2.05, 4.69) is 39.2 Å². The lowest BCUT2D eigenvalue weighted by molar-refractivity contribution is -0.115. The van der Waals surface area contributed by atoms with Crippen LogP contribution in [0, 0.1) is 6.92 Å².